The maximum absolute atomic E-state index is 2.48. The Morgan fingerprint density at radius 2 is 0.437 bits per heavy atom. The molecule has 3 heteroatoms. The van der Waals surface area contributed by atoms with E-state index in [1.807, 2.05) is 0 Å². The van der Waals surface area contributed by atoms with E-state index in [2.05, 4.69) is 278 Å². The van der Waals surface area contributed by atoms with E-state index in [0.29, 0.717) is 0 Å². The molecular weight excluding hydrogens is 1050 g/mol. The Morgan fingerprint density at radius 3 is 0.713 bits per heavy atom. The number of anilines is 9. The van der Waals surface area contributed by atoms with E-state index in [9.17, 15) is 0 Å². The number of hydrogen-bond donors (Lipinski definition) is 0. The summed E-state index contributed by atoms with van der Waals surface area (Å²) in [6, 6.07) is 85.7. The van der Waals surface area contributed by atoms with Gasteiger partial charge in [-0.1, -0.05) is 186 Å². The lowest BCUT2D eigenvalue weighted by atomic mass is 9.80. The molecule has 0 heterocycles. The molecule has 10 aromatic carbocycles. The Morgan fingerprint density at radius 1 is 0.218 bits per heavy atom. The first-order valence-electron chi connectivity index (χ1n) is 32.3. The highest BCUT2D eigenvalue weighted by Crippen LogP contribution is 2.53. The van der Waals surface area contributed by atoms with Gasteiger partial charge in [-0.15, -0.1) is 0 Å². The molecule has 0 amide bonds. The molecule has 0 aromatic heterocycles. The first-order chi connectivity index (χ1) is 42.8. The number of hydrogen-bond acceptors (Lipinski definition) is 3. The SMILES string of the molecule is Cc1ccc(N(c2ccc(C=C3CCCCC3)cc2)c2ccc3c(c2)-c2ccc(N(c4ccc(C)cc4)c4ccc(C=C5CCCCC5)cc4)cc2-c2ccc(N(c4ccc(C)cc4)c4ccc(C=C5CCCCC5)cc4)cc2-c2ccccc2-3)cc1. The van der Waals surface area contributed by atoms with Gasteiger partial charge in [-0.25, -0.2) is 0 Å². The first-order valence-corrected chi connectivity index (χ1v) is 32.3. The maximum Gasteiger partial charge on any atom is 0.0468 e. The van der Waals surface area contributed by atoms with Crippen LogP contribution in [0.4, 0.5) is 51.2 Å². The molecular formula is C84H79N3. The molecule has 0 unspecified atom stereocenters. The maximum atomic E-state index is 2.48. The number of benzene rings is 10. The van der Waals surface area contributed by atoms with Gasteiger partial charge < -0.3 is 14.7 Å². The van der Waals surface area contributed by atoms with Gasteiger partial charge in [0.05, 0.1) is 0 Å². The minimum Gasteiger partial charge on any atom is -0.310 e. The monoisotopic (exact) mass is 1130 g/mol. The first kappa shape index (κ1) is 55.7. The third-order valence-electron chi connectivity index (χ3n) is 18.8. The van der Waals surface area contributed by atoms with Crippen LogP contribution in [0.2, 0.25) is 0 Å². The van der Waals surface area contributed by atoms with Crippen LogP contribution in [0.3, 0.4) is 0 Å². The lowest BCUT2D eigenvalue weighted by molar-refractivity contribution is 0.602. The van der Waals surface area contributed by atoms with Crippen molar-refractivity contribution in [3.63, 3.8) is 0 Å². The fraction of sp³-hybridized carbons (Fsp3) is 0.214. The summed E-state index contributed by atoms with van der Waals surface area (Å²) in [7, 11) is 0. The van der Waals surface area contributed by atoms with Crippen LogP contribution in [0.25, 0.3) is 62.7 Å². The number of aryl methyl sites for hydroxylation is 3. The minimum absolute atomic E-state index is 1.10. The quantitative estimate of drug-likeness (QED) is 0.121. The fourth-order valence-electron chi connectivity index (χ4n) is 14.1. The van der Waals surface area contributed by atoms with E-state index < -0.39 is 0 Å². The van der Waals surface area contributed by atoms with Gasteiger partial charge in [-0.3, -0.25) is 0 Å². The van der Waals surface area contributed by atoms with Crippen LogP contribution in [0.5, 0.6) is 0 Å². The second kappa shape index (κ2) is 25.0. The molecule has 0 spiro atoms. The largest absolute Gasteiger partial charge is 0.310 e. The Kier molecular flexibility index (Phi) is 16.0. The minimum atomic E-state index is 1.10. The van der Waals surface area contributed by atoms with Crippen LogP contribution in [0.15, 0.2) is 241 Å². The second-order valence-corrected chi connectivity index (χ2v) is 25.1. The van der Waals surface area contributed by atoms with Crippen molar-refractivity contribution < 1.29 is 0 Å². The second-order valence-electron chi connectivity index (χ2n) is 25.1. The summed E-state index contributed by atoms with van der Waals surface area (Å²) in [6.07, 6.45) is 26.3. The fourth-order valence-corrected chi connectivity index (χ4v) is 14.1. The molecule has 0 atom stereocenters. The van der Waals surface area contributed by atoms with Crippen LogP contribution in [0.1, 0.15) is 130 Å². The van der Waals surface area contributed by atoms with Gasteiger partial charge in [-0.2, -0.15) is 0 Å². The average Bonchev–Trinajstić information content (AvgIpc) is 0.996. The molecule has 3 saturated carbocycles. The topological polar surface area (TPSA) is 9.72 Å². The Balaban J connectivity index is 0.960. The number of fused-ring (bicyclic) bond motifs is 8. The van der Waals surface area contributed by atoms with Crippen LogP contribution < -0.4 is 14.7 Å². The molecule has 87 heavy (non-hydrogen) atoms. The molecule has 0 radical (unpaired) electrons. The van der Waals surface area contributed by atoms with E-state index in [-0.39, 0.29) is 0 Å². The van der Waals surface area contributed by atoms with Crippen LogP contribution in [-0.2, 0) is 0 Å². The molecule has 0 bridgehead atoms. The van der Waals surface area contributed by atoms with Crippen molar-refractivity contribution in [3.8, 4) is 44.5 Å². The van der Waals surface area contributed by atoms with Crippen molar-refractivity contribution >= 4 is 69.4 Å². The van der Waals surface area contributed by atoms with Crippen molar-refractivity contribution in [2.45, 2.75) is 117 Å². The average molecular weight is 1130 g/mol. The van der Waals surface area contributed by atoms with Crippen molar-refractivity contribution in [2.24, 2.45) is 0 Å². The van der Waals surface area contributed by atoms with Crippen molar-refractivity contribution in [2.75, 3.05) is 14.7 Å². The number of rotatable bonds is 12. The van der Waals surface area contributed by atoms with E-state index in [0.717, 1.165) is 51.2 Å². The molecule has 3 fully saturated rings. The molecule has 3 nitrogen and oxygen atoms in total. The van der Waals surface area contributed by atoms with Gasteiger partial charge >= 0.3 is 0 Å². The Hall–Kier alpha value is -9.18. The van der Waals surface area contributed by atoms with Crippen molar-refractivity contribution in [3.05, 3.63) is 275 Å². The molecule has 14 rings (SSSR count). The van der Waals surface area contributed by atoms with Crippen molar-refractivity contribution in [1.29, 1.82) is 0 Å². The Bertz CT molecular complexity index is 4030. The zero-order valence-corrected chi connectivity index (χ0v) is 51.0. The lowest BCUT2D eigenvalue weighted by Gasteiger charge is -2.31. The van der Waals surface area contributed by atoms with Gasteiger partial charge in [0.15, 0.2) is 0 Å². The summed E-state index contributed by atoms with van der Waals surface area (Å²) >= 11 is 0. The van der Waals surface area contributed by atoms with Gasteiger partial charge in [0.25, 0.3) is 0 Å². The van der Waals surface area contributed by atoms with Gasteiger partial charge in [0, 0.05) is 51.2 Å². The van der Waals surface area contributed by atoms with E-state index in [1.165, 1.54) is 174 Å². The highest BCUT2D eigenvalue weighted by Gasteiger charge is 2.27. The van der Waals surface area contributed by atoms with Gasteiger partial charge in [0.1, 0.15) is 0 Å². The summed E-state index contributed by atoms with van der Waals surface area (Å²) in [5, 5.41) is 0. The smallest absolute Gasteiger partial charge is 0.0468 e. The zero-order valence-electron chi connectivity index (χ0n) is 51.0. The van der Waals surface area contributed by atoms with Gasteiger partial charge in [0.2, 0.25) is 0 Å². The predicted molar refractivity (Wildman–Crippen MR) is 373 cm³/mol. The van der Waals surface area contributed by atoms with Crippen LogP contribution in [-0.4, -0.2) is 0 Å². The highest BCUT2D eigenvalue weighted by atomic mass is 15.2. The summed E-state index contributed by atoms with van der Waals surface area (Å²) in [6.45, 7) is 6.53. The third kappa shape index (κ3) is 12.1. The standard InChI is InChI=1S/C84H79N3/c1-59-23-35-68(36-24-59)85(71-41-29-65(30-42-71)53-62-15-7-4-8-16-62)74-47-50-79-77-21-13-14-22-78(77)82-56-75(86(69-37-25-60(2)26-38-69)72-43-31-66(32-44-72)54-63-17-9-5-10-18-63)48-51-80(82)84-58-76(49-52-81(84)83(79)57-74)87(70-39-27-61(3)28-40-70)73-45-33-67(34-46-73)55-64-19-11-6-12-20-64/h13-14,21-58H,4-12,15-20H2,1-3H3. The van der Waals surface area contributed by atoms with Crippen LogP contribution >= 0.6 is 0 Å². The van der Waals surface area contributed by atoms with E-state index in [4.69, 9.17) is 0 Å². The molecule has 0 N–H and O–H groups in total. The summed E-state index contributed by atoms with van der Waals surface area (Å²) in [5.74, 6) is 0. The van der Waals surface area contributed by atoms with Crippen LogP contribution in [0, 0.1) is 20.8 Å². The third-order valence-corrected chi connectivity index (χ3v) is 18.8. The van der Waals surface area contributed by atoms with E-state index >= 15 is 0 Å². The summed E-state index contributed by atoms with van der Waals surface area (Å²) in [5.41, 5.74) is 31.9. The number of allylic oxidation sites excluding steroid dienone is 3. The summed E-state index contributed by atoms with van der Waals surface area (Å²) in [4.78, 5) is 7.35. The Labute approximate surface area is 517 Å². The molecule has 10 aromatic rings. The van der Waals surface area contributed by atoms with Crippen molar-refractivity contribution in [1.82, 2.24) is 0 Å². The molecule has 0 aliphatic heterocycles. The highest BCUT2D eigenvalue weighted by molar-refractivity contribution is 6.06. The predicted octanol–water partition coefficient (Wildman–Crippen LogP) is 25.0. The molecule has 0 saturated heterocycles. The molecule has 4 aliphatic rings. The molecule has 4 aliphatic carbocycles. The molecule has 430 valence electrons. The van der Waals surface area contributed by atoms with Gasteiger partial charge in [-0.05, 0) is 268 Å². The zero-order chi connectivity index (χ0) is 58.6. The summed E-state index contributed by atoms with van der Waals surface area (Å²) < 4.78 is 0. The number of nitrogens with zero attached hydrogens (tertiary/aromatic N) is 3. The van der Waals surface area contributed by atoms with E-state index in [1.54, 1.807) is 16.7 Å². The normalized spacial score (nSPS) is 14.5. The lowest BCUT2D eigenvalue weighted by Crippen LogP contribution is -2.12.